The van der Waals surface area contributed by atoms with E-state index in [-0.39, 0.29) is 5.69 Å². The lowest BCUT2D eigenvalue weighted by Crippen LogP contribution is -2.13. The maximum absolute atomic E-state index is 12.9. The Labute approximate surface area is 106 Å². The van der Waals surface area contributed by atoms with Crippen molar-refractivity contribution >= 4 is 5.97 Å². The summed E-state index contributed by atoms with van der Waals surface area (Å²) in [6.45, 7) is 1.72. The highest BCUT2D eigenvalue weighted by Crippen LogP contribution is 2.31. The molecule has 1 aromatic carbocycles. The SMILES string of the molecule is Cc1cccc(-n2nc(C(=O)O)cc2C(F)(F)F)c1. The number of hydrogen-bond donors (Lipinski definition) is 1. The zero-order valence-electron chi connectivity index (χ0n) is 9.77. The van der Waals surface area contributed by atoms with Crippen LogP contribution in [0.25, 0.3) is 5.69 Å². The number of carboxylic acid groups (broad SMARTS) is 1. The highest BCUT2D eigenvalue weighted by molar-refractivity contribution is 5.85. The molecule has 19 heavy (non-hydrogen) atoms. The van der Waals surface area contributed by atoms with Crippen LogP contribution in [0.3, 0.4) is 0 Å². The Morgan fingerprint density at radius 3 is 2.53 bits per heavy atom. The topological polar surface area (TPSA) is 55.1 Å². The first kappa shape index (κ1) is 13.1. The van der Waals surface area contributed by atoms with Gasteiger partial charge in [-0.1, -0.05) is 12.1 Å². The smallest absolute Gasteiger partial charge is 0.433 e. The molecule has 1 heterocycles. The van der Waals surface area contributed by atoms with Gasteiger partial charge in [0.15, 0.2) is 5.69 Å². The molecule has 2 rings (SSSR count). The number of hydrogen-bond acceptors (Lipinski definition) is 2. The molecule has 1 aromatic heterocycles. The monoisotopic (exact) mass is 270 g/mol. The van der Waals surface area contributed by atoms with Crippen molar-refractivity contribution in [1.82, 2.24) is 9.78 Å². The number of alkyl halides is 3. The molecule has 0 saturated heterocycles. The van der Waals surface area contributed by atoms with E-state index in [9.17, 15) is 18.0 Å². The van der Waals surface area contributed by atoms with Crippen LogP contribution in [-0.4, -0.2) is 20.9 Å². The van der Waals surface area contributed by atoms with Crippen molar-refractivity contribution in [3.8, 4) is 5.69 Å². The van der Waals surface area contributed by atoms with E-state index in [1.54, 1.807) is 19.1 Å². The normalized spacial score (nSPS) is 11.6. The summed E-state index contributed by atoms with van der Waals surface area (Å²) in [6, 6.07) is 6.74. The van der Waals surface area contributed by atoms with Crippen LogP contribution < -0.4 is 0 Å². The van der Waals surface area contributed by atoms with E-state index >= 15 is 0 Å². The molecular formula is C12H9F3N2O2. The van der Waals surface area contributed by atoms with Crippen LogP contribution >= 0.6 is 0 Å². The van der Waals surface area contributed by atoms with Crippen LogP contribution in [0.15, 0.2) is 30.3 Å². The zero-order valence-corrected chi connectivity index (χ0v) is 9.77. The quantitative estimate of drug-likeness (QED) is 0.912. The highest BCUT2D eigenvalue weighted by atomic mass is 19.4. The second-order valence-corrected chi connectivity index (χ2v) is 3.97. The van der Waals surface area contributed by atoms with Gasteiger partial charge in [-0.25, -0.2) is 9.48 Å². The first-order valence-electron chi connectivity index (χ1n) is 5.26. The largest absolute Gasteiger partial charge is 0.476 e. The molecule has 100 valence electrons. The Morgan fingerprint density at radius 1 is 1.32 bits per heavy atom. The number of nitrogens with zero attached hydrogens (tertiary/aromatic N) is 2. The van der Waals surface area contributed by atoms with Gasteiger partial charge in [-0.05, 0) is 24.6 Å². The van der Waals surface area contributed by atoms with E-state index in [0.29, 0.717) is 10.7 Å². The second-order valence-electron chi connectivity index (χ2n) is 3.97. The van der Waals surface area contributed by atoms with Gasteiger partial charge < -0.3 is 5.11 Å². The Kier molecular flexibility index (Phi) is 3.05. The third-order valence-electron chi connectivity index (χ3n) is 2.47. The molecule has 7 heteroatoms. The number of carbonyl (C=O) groups is 1. The predicted octanol–water partition coefficient (Wildman–Crippen LogP) is 2.90. The molecule has 0 amide bonds. The molecule has 0 bridgehead atoms. The third kappa shape index (κ3) is 2.59. The summed E-state index contributed by atoms with van der Waals surface area (Å²) in [5.74, 6) is -1.50. The number of benzene rings is 1. The lowest BCUT2D eigenvalue weighted by Gasteiger charge is -2.10. The molecule has 2 aromatic rings. The van der Waals surface area contributed by atoms with Crippen molar-refractivity contribution in [1.29, 1.82) is 0 Å². The second kappa shape index (κ2) is 4.42. The van der Waals surface area contributed by atoms with Crippen LogP contribution in [0.5, 0.6) is 0 Å². The van der Waals surface area contributed by atoms with Gasteiger partial charge >= 0.3 is 12.1 Å². The summed E-state index contributed by atoms with van der Waals surface area (Å²) in [6.07, 6.45) is -4.68. The molecule has 0 aliphatic rings. The van der Waals surface area contributed by atoms with Crippen LogP contribution in [0, 0.1) is 6.92 Å². The number of aromatic carboxylic acids is 1. The summed E-state index contributed by atoms with van der Waals surface area (Å²) < 4.78 is 39.2. The molecule has 0 aliphatic carbocycles. The number of carboxylic acids is 1. The van der Waals surface area contributed by atoms with E-state index in [1.807, 2.05) is 0 Å². The van der Waals surface area contributed by atoms with E-state index in [0.717, 1.165) is 5.56 Å². The minimum atomic E-state index is -4.68. The fourth-order valence-corrected chi connectivity index (χ4v) is 1.64. The number of aromatic nitrogens is 2. The predicted molar refractivity (Wildman–Crippen MR) is 60.3 cm³/mol. The first-order valence-corrected chi connectivity index (χ1v) is 5.26. The van der Waals surface area contributed by atoms with Crippen molar-refractivity contribution in [2.45, 2.75) is 13.1 Å². The molecule has 0 unspecified atom stereocenters. The van der Waals surface area contributed by atoms with Gasteiger partial charge in [0.1, 0.15) is 5.69 Å². The molecule has 4 nitrogen and oxygen atoms in total. The average molecular weight is 270 g/mol. The van der Waals surface area contributed by atoms with Gasteiger partial charge in [0.2, 0.25) is 0 Å². The molecule has 0 spiro atoms. The first-order chi connectivity index (χ1) is 8.79. The number of halogens is 3. The summed E-state index contributed by atoms with van der Waals surface area (Å²) >= 11 is 0. The van der Waals surface area contributed by atoms with Gasteiger partial charge in [0.05, 0.1) is 5.69 Å². The van der Waals surface area contributed by atoms with Crippen molar-refractivity contribution in [3.05, 3.63) is 47.3 Å². The van der Waals surface area contributed by atoms with E-state index < -0.39 is 23.5 Å². The summed E-state index contributed by atoms with van der Waals surface area (Å²) in [4.78, 5) is 10.7. The minimum Gasteiger partial charge on any atom is -0.476 e. The van der Waals surface area contributed by atoms with E-state index in [4.69, 9.17) is 5.11 Å². The molecule has 0 radical (unpaired) electrons. The maximum Gasteiger partial charge on any atom is 0.433 e. The van der Waals surface area contributed by atoms with Gasteiger partial charge in [-0.3, -0.25) is 0 Å². The molecule has 0 fully saturated rings. The van der Waals surface area contributed by atoms with Crippen LogP contribution in [0.2, 0.25) is 0 Å². The van der Waals surface area contributed by atoms with Crippen molar-refractivity contribution in [2.24, 2.45) is 0 Å². The van der Waals surface area contributed by atoms with Gasteiger partial charge in [-0.2, -0.15) is 18.3 Å². The lowest BCUT2D eigenvalue weighted by atomic mass is 10.2. The van der Waals surface area contributed by atoms with Gasteiger partial charge in [-0.15, -0.1) is 0 Å². The fourth-order valence-electron chi connectivity index (χ4n) is 1.64. The molecule has 0 atom stereocenters. The summed E-state index contributed by atoms with van der Waals surface area (Å²) in [5.41, 5.74) is -0.845. The standard InChI is InChI=1S/C12H9F3N2O2/c1-7-3-2-4-8(5-7)17-10(12(13,14)15)6-9(16-17)11(18)19/h2-6H,1H3,(H,18,19). The zero-order chi connectivity index (χ0) is 14.2. The van der Waals surface area contributed by atoms with Crippen LogP contribution in [0.1, 0.15) is 21.7 Å². The average Bonchev–Trinajstić information content (AvgIpc) is 2.73. The molecular weight excluding hydrogens is 261 g/mol. The Morgan fingerprint density at radius 2 is 2.00 bits per heavy atom. The Balaban J connectivity index is 2.64. The van der Waals surface area contributed by atoms with Crippen molar-refractivity contribution in [2.75, 3.05) is 0 Å². The lowest BCUT2D eigenvalue weighted by molar-refractivity contribution is -0.142. The van der Waals surface area contributed by atoms with Gasteiger partial charge in [0.25, 0.3) is 0 Å². The van der Waals surface area contributed by atoms with Crippen molar-refractivity contribution < 1.29 is 23.1 Å². The van der Waals surface area contributed by atoms with Crippen LogP contribution in [0.4, 0.5) is 13.2 Å². The van der Waals surface area contributed by atoms with Gasteiger partial charge in [0, 0.05) is 6.07 Å². The Bertz CT molecular complexity index is 632. The number of rotatable bonds is 2. The van der Waals surface area contributed by atoms with E-state index in [1.165, 1.54) is 12.1 Å². The highest BCUT2D eigenvalue weighted by Gasteiger charge is 2.37. The molecule has 0 saturated carbocycles. The minimum absolute atomic E-state index is 0.167. The Hall–Kier alpha value is -2.31. The maximum atomic E-state index is 12.9. The van der Waals surface area contributed by atoms with E-state index in [2.05, 4.69) is 5.10 Å². The summed E-state index contributed by atoms with van der Waals surface area (Å²) in [5, 5.41) is 12.2. The van der Waals surface area contributed by atoms with Crippen LogP contribution in [-0.2, 0) is 6.18 Å². The van der Waals surface area contributed by atoms with Crippen molar-refractivity contribution in [3.63, 3.8) is 0 Å². The number of aryl methyl sites for hydroxylation is 1. The fraction of sp³-hybridized carbons (Fsp3) is 0.167. The summed E-state index contributed by atoms with van der Waals surface area (Å²) in [7, 11) is 0. The molecule has 1 N–H and O–H groups in total. The third-order valence-corrected chi connectivity index (χ3v) is 2.47. The molecule has 0 aliphatic heterocycles.